The fraction of sp³-hybridized carbons (Fsp3) is 0.0769. The molecule has 0 aliphatic carbocycles. The number of carboxylic acid groups (broad SMARTS) is 2. The number of hydrogen-bond acceptors (Lipinski definition) is 2. The van der Waals surface area contributed by atoms with Gasteiger partial charge in [0.05, 0.1) is 5.57 Å². The van der Waals surface area contributed by atoms with Gasteiger partial charge < -0.3 is 10.2 Å². The number of carbonyl (C=O) groups is 2. The summed E-state index contributed by atoms with van der Waals surface area (Å²) in [4.78, 5) is 21.6. The molecule has 0 unspecified atom stereocenters. The van der Waals surface area contributed by atoms with E-state index in [9.17, 15) is 9.59 Å². The number of halogens is 1. The van der Waals surface area contributed by atoms with E-state index in [0.717, 1.165) is 6.08 Å². The lowest BCUT2D eigenvalue weighted by molar-refractivity contribution is -0.132. The fourth-order valence-electron chi connectivity index (χ4n) is 1.33. The molecule has 1 aromatic rings. The zero-order valence-electron chi connectivity index (χ0n) is 9.55. The van der Waals surface area contributed by atoms with Crippen LogP contribution in [0.4, 0.5) is 0 Å². The summed E-state index contributed by atoms with van der Waals surface area (Å²) in [5.74, 6) is -2.37. The Labute approximate surface area is 109 Å². The molecule has 2 N–H and O–H groups in total. The Morgan fingerprint density at radius 2 is 1.72 bits per heavy atom. The van der Waals surface area contributed by atoms with Crippen LogP contribution in [0.2, 0.25) is 5.02 Å². The van der Waals surface area contributed by atoms with Gasteiger partial charge in [0, 0.05) is 11.1 Å². The molecule has 5 heteroatoms. The standard InChI is InChI=1S/C13H11ClO4/c1-8(6-12(15)16)11(13(17)18)7-9-2-4-10(14)5-3-9/h2-7H,1H3,(H,15,16)(H,17,18)/b8-6-,11-7+. The second-order valence-corrected chi connectivity index (χ2v) is 4.02. The largest absolute Gasteiger partial charge is 0.478 e. The van der Waals surface area contributed by atoms with Gasteiger partial charge in [-0.15, -0.1) is 0 Å². The van der Waals surface area contributed by atoms with Crippen LogP contribution >= 0.6 is 11.6 Å². The first-order valence-corrected chi connectivity index (χ1v) is 5.40. The lowest BCUT2D eigenvalue weighted by atomic mass is 10.0. The van der Waals surface area contributed by atoms with Gasteiger partial charge in [-0.2, -0.15) is 0 Å². The van der Waals surface area contributed by atoms with Gasteiger partial charge in [-0.05, 0) is 36.3 Å². The van der Waals surface area contributed by atoms with Gasteiger partial charge >= 0.3 is 11.9 Å². The summed E-state index contributed by atoms with van der Waals surface area (Å²) >= 11 is 5.72. The maximum Gasteiger partial charge on any atom is 0.335 e. The van der Waals surface area contributed by atoms with Gasteiger partial charge in [-0.1, -0.05) is 23.7 Å². The molecule has 0 saturated carbocycles. The molecule has 0 fully saturated rings. The van der Waals surface area contributed by atoms with Crippen LogP contribution in [0, 0.1) is 0 Å². The summed E-state index contributed by atoms with van der Waals surface area (Å²) in [6.07, 6.45) is 2.25. The van der Waals surface area contributed by atoms with Gasteiger partial charge in [-0.25, -0.2) is 9.59 Å². The van der Waals surface area contributed by atoms with E-state index in [0.29, 0.717) is 10.6 Å². The number of rotatable bonds is 4. The summed E-state index contributed by atoms with van der Waals surface area (Å²) in [7, 11) is 0. The van der Waals surface area contributed by atoms with Gasteiger partial charge in [0.1, 0.15) is 0 Å². The van der Waals surface area contributed by atoms with E-state index < -0.39 is 11.9 Å². The molecule has 0 radical (unpaired) electrons. The van der Waals surface area contributed by atoms with Crippen molar-refractivity contribution in [1.82, 2.24) is 0 Å². The first-order valence-electron chi connectivity index (χ1n) is 5.02. The van der Waals surface area contributed by atoms with Crippen molar-refractivity contribution >= 4 is 29.6 Å². The van der Waals surface area contributed by atoms with Crippen LogP contribution in [-0.4, -0.2) is 22.2 Å². The number of hydrogen-bond donors (Lipinski definition) is 2. The summed E-state index contributed by atoms with van der Waals surface area (Å²) in [6.45, 7) is 1.43. The van der Waals surface area contributed by atoms with Crippen LogP contribution in [-0.2, 0) is 9.59 Å². The Balaban J connectivity index is 3.17. The summed E-state index contributed by atoms with van der Waals surface area (Å²) in [5, 5.41) is 18.2. The van der Waals surface area contributed by atoms with Crippen LogP contribution in [0.1, 0.15) is 12.5 Å². The highest BCUT2D eigenvalue weighted by Gasteiger charge is 2.10. The van der Waals surface area contributed by atoms with Gasteiger partial charge in [-0.3, -0.25) is 0 Å². The molecule has 0 atom stereocenters. The van der Waals surface area contributed by atoms with Crippen LogP contribution in [0.15, 0.2) is 41.5 Å². The van der Waals surface area contributed by atoms with Crippen molar-refractivity contribution in [3.63, 3.8) is 0 Å². The van der Waals surface area contributed by atoms with Crippen molar-refractivity contribution in [2.45, 2.75) is 6.92 Å². The van der Waals surface area contributed by atoms with E-state index in [1.165, 1.54) is 13.0 Å². The average Bonchev–Trinajstić information content (AvgIpc) is 2.26. The molecule has 0 spiro atoms. The van der Waals surface area contributed by atoms with E-state index in [2.05, 4.69) is 0 Å². The van der Waals surface area contributed by atoms with Crippen molar-refractivity contribution in [2.24, 2.45) is 0 Å². The van der Waals surface area contributed by atoms with Crippen molar-refractivity contribution < 1.29 is 19.8 Å². The molecule has 94 valence electrons. The first kappa shape index (κ1) is 14.0. The van der Waals surface area contributed by atoms with E-state index in [4.69, 9.17) is 21.8 Å². The predicted molar refractivity (Wildman–Crippen MR) is 68.5 cm³/mol. The summed E-state index contributed by atoms with van der Waals surface area (Å²) in [5.41, 5.74) is 0.736. The average molecular weight is 267 g/mol. The summed E-state index contributed by atoms with van der Waals surface area (Å²) in [6, 6.07) is 6.56. The topological polar surface area (TPSA) is 74.6 Å². The van der Waals surface area contributed by atoms with Gasteiger partial charge in [0.25, 0.3) is 0 Å². The highest BCUT2D eigenvalue weighted by Crippen LogP contribution is 2.17. The summed E-state index contributed by atoms with van der Waals surface area (Å²) < 4.78 is 0. The SMILES string of the molecule is CC(=C/C(=O)O)/C(=C\c1ccc(Cl)cc1)C(=O)O. The van der Waals surface area contributed by atoms with E-state index in [1.54, 1.807) is 24.3 Å². The van der Waals surface area contributed by atoms with Crippen LogP contribution < -0.4 is 0 Å². The molecule has 0 aromatic heterocycles. The zero-order valence-corrected chi connectivity index (χ0v) is 10.3. The highest BCUT2D eigenvalue weighted by atomic mass is 35.5. The third-order valence-electron chi connectivity index (χ3n) is 2.18. The molecule has 0 heterocycles. The molecule has 0 amide bonds. The Morgan fingerprint density at radius 3 is 2.17 bits per heavy atom. The minimum atomic E-state index is -1.18. The quantitative estimate of drug-likeness (QED) is 0.649. The Bertz CT molecular complexity index is 526. The third kappa shape index (κ3) is 4.07. The predicted octanol–water partition coefficient (Wildman–Crippen LogP) is 2.84. The molecule has 0 aliphatic heterocycles. The van der Waals surface area contributed by atoms with Crippen molar-refractivity contribution in [2.75, 3.05) is 0 Å². The van der Waals surface area contributed by atoms with Gasteiger partial charge in [0.15, 0.2) is 0 Å². The molecular formula is C13H11ClO4. The molecule has 4 nitrogen and oxygen atoms in total. The van der Waals surface area contributed by atoms with Gasteiger partial charge in [0.2, 0.25) is 0 Å². The molecule has 0 bridgehead atoms. The molecule has 1 aromatic carbocycles. The molecule has 1 rings (SSSR count). The second-order valence-electron chi connectivity index (χ2n) is 3.58. The van der Waals surface area contributed by atoms with E-state index in [1.807, 2.05) is 0 Å². The minimum Gasteiger partial charge on any atom is -0.478 e. The molecule has 18 heavy (non-hydrogen) atoms. The Hall–Kier alpha value is -2.07. The third-order valence-corrected chi connectivity index (χ3v) is 2.43. The first-order chi connectivity index (χ1) is 8.40. The Morgan fingerprint density at radius 1 is 1.17 bits per heavy atom. The second kappa shape index (κ2) is 6.02. The van der Waals surface area contributed by atoms with Crippen molar-refractivity contribution in [1.29, 1.82) is 0 Å². The van der Waals surface area contributed by atoms with E-state index >= 15 is 0 Å². The number of benzene rings is 1. The van der Waals surface area contributed by atoms with Crippen molar-refractivity contribution in [3.05, 3.63) is 52.1 Å². The number of aliphatic carboxylic acids is 2. The van der Waals surface area contributed by atoms with Crippen molar-refractivity contribution in [3.8, 4) is 0 Å². The Kier molecular flexibility index (Phi) is 4.68. The lowest BCUT2D eigenvalue weighted by Gasteiger charge is -2.02. The molecular weight excluding hydrogens is 256 g/mol. The minimum absolute atomic E-state index is 0.0697. The van der Waals surface area contributed by atoms with Crippen LogP contribution in [0.5, 0.6) is 0 Å². The molecule has 0 aliphatic rings. The maximum absolute atomic E-state index is 11.1. The monoisotopic (exact) mass is 266 g/mol. The van der Waals surface area contributed by atoms with Crippen LogP contribution in [0.25, 0.3) is 6.08 Å². The normalized spacial score (nSPS) is 12.3. The number of carboxylic acids is 2. The molecule has 0 saturated heterocycles. The van der Waals surface area contributed by atoms with E-state index in [-0.39, 0.29) is 11.1 Å². The lowest BCUT2D eigenvalue weighted by Crippen LogP contribution is -2.03. The smallest absolute Gasteiger partial charge is 0.335 e. The zero-order chi connectivity index (χ0) is 13.7. The fourth-order valence-corrected chi connectivity index (χ4v) is 1.46. The van der Waals surface area contributed by atoms with Crippen LogP contribution in [0.3, 0.4) is 0 Å². The maximum atomic E-state index is 11.1. The highest BCUT2D eigenvalue weighted by molar-refractivity contribution is 6.30.